The summed E-state index contributed by atoms with van der Waals surface area (Å²) in [5, 5.41) is 12.2. The molecule has 0 bridgehead atoms. The second kappa shape index (κ2) is 4.18. The monoisotopic (exact) mass is 292 g/mol. The lowest BCUT2D eigenvalue weighted by molar-refractivity contribution is 0.469. The maximum absolute atomic E-state index is 11.3. The van der Waals surface area contributed by atoms with E-state index >= 15 is 0 Å². The Morgan fingerprint density at radius 1 is 1.24 bits per heavy atom. The molecule has 0 aliphatic rings. The number of benzene rings is 1. The average Bonchev–Trinajstić information content (AvgIpc) is 2.30. The summed E-state index contributed by atoms with van der Waals surface area (Å²) in [6.45, 7) is 0. The van der Waals surface area contributed by atoms with Gasteiger partial charge in [0.25, 0.3) is 5.56 Å². The summed E-state index contributed by atoms with van der Waals surface area (Å²) < 4.78 is 0. The summed E-state index contributed by atoms with van der Waals surface area (Å²) in [5.41, 5.74) is -1.21. The molecule has 88 valence electrons. The fourth-order valence-electron chi connectivity index (χ4n) is 1.40. The van der Waals surface area contributed by atoms with E-state index in [-0.39, 0.29) is 26.0 Å². The third kappa shape index (κ3) is 1.76. The number of H-pyrrole nitrogens is 1. The van der Waals surface area contributed by atoms with Crippen LogP contribution >= 0.6 is 34.8 Å². The number of nitroso groups, excluding NO2 is 1. The van der Waals surface area contributed by atoms with Crippen LogP contribution in [0, 0.1) is 4.91 Å². The number of aromatic nitrogens is 1. The van der Waals surface area contributed by atoms with Gasteiger partial charge in [0.1, 0.15) is 0 Å². The van der Waals surface area contributed by atoms with Crippen LogP contribution in [0.5, 0.6) is 5.75 Å². The van der Waals surface area contributed by atoms with E-state index in [9.17, 15) is 14.8 Å². The molecule has 0 radical (unpaired) electrons. The van der Waals surface area contributed by atoms with Gasteiger partial charge in [0, 0.05) is 5.39 Å². The Balaban J connectivity index is 3.11. The predicted octanol–water partition coefficient (Wildman–Crippen LogP) is 3.59. The number of nitrogens with one attached hydrogen (secondary N) is 1. The minimum atomic E-state index is -0.882. The first-order valence-corrected chi connectivity index (χ1v) is 5.36. The van der Waals surface area contributed by atoms with Crippen molar-refractivity contribution in [2.45, 2.75) is 0 Å². The lowest BCUT2D eigenvalue weighted by Crippen LogP contribution is -2.05. The van der Waals surface area contributed by atoms with Crippen molar-refractivity contribution in [1.82, 2.24) is 4.98 Å². The summed E-state index contributed by atoms with van der Waals surface area (Å²) in [4.78, 5) is 24.2. The zero-order chi connectivity index (χ0) is 12.7. The number of aromatic amines is 1. The van der Waals surface area contributed by atoms with E-state index in [1.807, 2.05) is 0 Å². The van der Waals surface area contributed by atoms with E-state index in [4.69, 9.17) is 34.8 Å². The Bertz CT molecular complexity index is 696. The quantitative estimate of drug-likeness (QED) is 0.622. The van der Waals surface area contributed by atoms with Crippen molar-refractivity contribution >= 4 is 51.4 Å². The molecule has 2 N–H and O–H groups in total. The second-order valence-electron chi connectivity index (χ2n) is 3.15. The SMILES string of the molecule is O=Nc1c(O)c(=O)[nH]c2c(Cl)c(Cl)c(Cl)cc12. The van der Waals surface area contributed by atoms with Crippen LogP contribution in [0.3, 0.4) is 0 Å². The van der Waals surface area contributed by atoms with Crippen LogP contribution in [-0.4, -0.2) is 10.1 Å². The molecule has 1 aromatic heterocycles. The van der Waals surface area contributed by atoms with Crippen LogP contribution in [0.4, 0.5) is 5.69 Å². The normalized spacial score (nSPS) is 10.8. The number of aromatic hydroxyl groups is 1. The van der Waals surface area contributed by atoms with Crippen LogP contribution < -0.4 is 5.56 Å². The Morgan fingerprint density at radius 3 is 2.47 bits per heavy atom. The van der Waals surface area contributed by atoms with Gasteiger partial charge >= 0.3 is 0 Å². The molecule has 8 heteroatoms. The third-order valence-electron chi connectivity index (χ3n) is 2.19. The van der Waals surface area contributed by atoms with Crippen molar-refractivity contribution in [2.75, 3.05) is 0 Å². The number of pyridine rings is 1. The van der Waals surface area contributed by atoms with Crippen LogP contribution in [0.1, 0.15) is 0 Å². The molecular formula is C9H3Cl3N2O3. The average molecular weight is 293 g/mol. The van der Waals surface area contributed by atoms with Gasteiger partial charge in [-0.1, -0.05) is 34.8 Å². The van der Waals surface area contributed by atoms with Gasteiger partial charge in [-0.25, -0.2) is 0 Å². The molecule has 1 heterocycles. The molecule has 2 aromatic rings. The number of rotatable bonds is 1. The van der Waals surface area contributed by atoms with E-state index in [2.05, 4.69) is 10.2 Å². The molecular weight excluding hydrogens is 290 g/mol. The smallest absolute Gasteiger partial charge is 0.293 e. The maximum Gasteiger partial charge on any atom is 0.293 e. The lowest BCUT2D eigenvalue weighted by atomic mass is 10.2. The molecule has 0 saturated heterocycles. The number of nitrogens with zero attached hydrogens (tertiary/aromatic N) is 1. The first kappa shape index (κ1) is 12.2. The minimum Gasteiger partial charge on any atom is -0.501 e. The van der Waals surface area contributed by atoms with Gasteiger partial charge in [0.2, 0.25) is 5.75 Å². The van der Waals surface area contributed by atoms with Crippen LogP contribution in [0.15, 0.2) is 16.0 Å². The minimum absolute atomic E-state index is 0.0174. The highest BCUT2D eigenvalue weighted by molar-refractivity contribution is 6.50. The fourth-order valence-corrected chi connectivity index (χ4v) is 2.06. The van der Waals surface area contributed by atoms with Gasteiger partial charge in [0.15, 0.2) is 5.69 Å². The Morgan fingerprint density at radius 2 is 1.88 bits per heavy atom. The summed E-state index contributed by atoms with van der Waals surface area (Å²) in [5.74, 6) is -0.790. The van der Waals surface area contributed by atoms with Gasteiger partial charge in [-0.15, -0.1) is 4.91 Å². The van der Waals surface area contributed by atoms with Gasteiger partial charge < -0.3 is 10.1 Å². The first-order valence-electron chi connectivity index (χ1n) is 4.23. The molecule has 0 atom stereocenters. The standard InChI is InChI=1S/C9H3Cl3N2O3/c10-3-1-2-6(5(12)4(3)11)13-9(16)8(15)7(2)14-17/h1,15H,(H,13,16). The molecule has 2 rings (SSSR count). The van der Waals surface area contributed by atoms with E-state index in [1.54, 1.807) is 0 Å². The highest BCUT2D eigenvalue weighted by atomic mass is 35.5. The third-order valence-corrected chi connectivity index (χ3v) is 3.45. The highest BCUT2D eigenvalue weighted by Gasteiger charge is 2.17. The molecule has 0 aliphatic heterocycles. The molecule has 0 fully saturated rings. The summed E-state index contributed by atoms with van der Waals surface area (Å²) in [6, 6.07) is 1.29. The maximum atomic E-state index is 11.3. The lowest BCUT2D eigenvalue weighted by Gasteiger charge is -2.06. The van der Waals surface area contributed by atoms with E-state index in [1.165, 1.54) is 6.07 Å². The predicted molar refractivity (Wildman–Crippen MR) is 66.7 cm³/mol. The van der Waals surface area contributed by atoms with E-state index in [0.29, 0.717) is 0 Å². The Hall–Kier alpha value is -1.30. The zero-order valence-corrected chi connectivity index (χ0v) is 10.2. The van der Waals surface area contributed by atoms with Gasteiger partial charge in [-0.3, -0.25) is 4.79 Å². The largest absolute Gasteiger partial charge is 0.501 e. The zero-order valence-electron chi connectivity index (χ0n) is 7.92. The molecule has 0 aliphatic carbocycles. The van der Waals surface area contributed by atoms with Gasteiger partial charge in [0.05, 0.1) is 20.6 Å². The summed E-state index contributed by atoms with van der Waals surface area (Å²) >= 11 is 17.4. The van der Waals surface area contributed by atoms with E-state index < -0.39 is 17.0 Å². The van der Waals surface area contributed by atoms with Gasteiger partial charge in [-0.05, 0) is 11.2 Å². The van der Waals surface area contributed by atoms with Crippen molar-refractivity contribution in [3.05, 3.63) is 36.4 Å². The Labute approximate surface area is 109 Å². The summed E-state index contributed by atoms with van der Waals surface area (Å²) in [7, 11) is 0. The molecule has 0 saturated carbocycles. The van der Waals surface area contributed by atoms with Gasteiger partial charge in [-0.2, -0.15) is 0 Å². The Kier molecular flexibility index (Phi) is 2.99. The molecule has 0 spiro atoms. The first-order chi connectivity index (χ1) is 7.97. The van der Waals surface area contributed by atoms with E-state index in [0.717, 1.165) is 0 Å². The van der Waals surface area contributed by atoms with Crippen molar-refractivity contribution in [3.63, 3.8) is 0 Å². The highest BCUT2D eigenvalue weighted by Crippen LogP contribution is 2.40. The van der Waals surface area contributed by atoms with Crippen molar-refractivity contribution < 1.29 is 5.11 Å². The van der Waals surface area contributed by atoms with Crippen LogP contribution in [0.2, 0.25) is 15.1 Å². The second-order valence-corrected chi connectivity index (χ2v) is 4.31. The van der Waals surface area contributed by atoms with Crippen molar-refractivity contribution in [2.24, 2.45) is 5.18 Å². The van der Waals surface area contributed by atoms with Crippen LogP contribution in [-0.2, 0) is 0 Å². The molecule has 1 aromatic carbocycles. The number of hydrogen-bond acceptors (Lipinski definition) is 4. The molecule has 0 unspecified atom stereocenters. The molecule has 5 nitrogen and oxygen atoms in total. The topological polar surface area (TPSA) is 82.5 Å². The van der Waals surface area contributed by atoms with Crippen LogP contribution in [0.25, 0.3) is 10.9 Å². The molecule has 0 amide bonds. The van der Waals surface area contributed by atoms with Crippen molar-refractivity contribution in [3.8, 4) is 5.75 Å². The van der Waals surface area contributed by atoms with Crippen molar-refractivity contribution in [1.29, 1.82) is 0 Å². The number of fused-ring (bicyclic) bond motifs is 1. The summed E-state index contributed by atoms with van der Waals surface area (Å²) in [6.07, 6.45) is 0. The number of hydrogen-bond donors (Lipinski definition) is 2. The fraction of sp³-hybridized carbons (Fsp3) is 0. The number of halogens is 3. The molecule has 17 heavy (non-hydrogen) atoms.